The van der Waals surface area contributed by atoms with Crippen molar-refractivity contribution in [3.63, 3.8) is 0 Å². The first-order chi connectivity index (χ1) is 12.4. The van der Waals surface area contributed by atoms with Crippen LogP contribution in [0.3, 0.4) is 0 Å². The van der Waals surface area contributed by atoms with Gasteiger partial charge in [-0.1, -0.05) is 11.8 Å². The average molecular weight is 372 g/mol. The molecule has 0 spiro atoms. The predicted molar refractivity (Wildman–Crippen MR) is 95.3 cm³/mol. The minimum Gasteiger partial charge on any atom is -0.462 e. The van der Waals surface area contributed by atoms with Crippen molar-refractivity contribution < 1.29 is 14.3 Å². The number of carbonyl (C=O) groups excluding carboxylic acids is 2. The molecule has 0 atom stereocenters. The van der Waals surface area contributed by atoms with Crippen LogP contribution in [0.25, 0.3) is 0 Å². The highest BCUT2D eigenvalue weighted by Gasteiger charge is 2.35. The fraction of sp³-hybridized carbons (Fsp3) is 0.500. The van der Waals surface area contributed by atoms with Gasteiger partial charge in [0.2, 0.25) is 5.91 Å². The first-order valence-corrected chi connectivity index (χ1v) is 9.37. The van der Waals surface area contributed by atoms with Gasteiger partial charge in [0.1, 0.15) is 16.6 Å². The van der Waals surface area contributed by atoms with Crippen molar-refractivity contribution in [1.29, 1.82) is 10.5 Å². The van der Waals surface area contributed by atoms with Crippen molar-refractivity contribution >= 4 is 23.6 Å². The normalized spacial score (nSPS) is 14.9. The lowest BCUT2D eigenvalue weighted by atomic mass is 10.0. The van der Waals surface area contributed by atoms with Crippen LogP contribution < -0.4 is 5.32 Å². The minimum absolute atomic E-state index is 0.0449. The first kappa shape index (κ1) is 19.7. The predicted octanol–water partition coefficient (Wildman–Crippen LogP) is 2.48. The highest BCUT2D eigenvalue weighted by atomic mass is 32.2. The summed E-state index contributed by atoms with van der Waals surface area (Å²) < 4.78 is 4.95. The summed E-state index contributed by atoms with van der Waals surface area (Å²) in [7, 11) is 0. The second-order valence-corrected chi connectivity index (χ2v) is 7.01. The van der Waals surface area contributed by atoms with Crippen LogP contribution in [-0.2, 0) is 9.53 Å². The second kappa shape index (κ2) is 8.68. The number of carbonyl (C=O) groups is 2. The van der Waals surface area contributed by atoms with Crippen molar-refractivity contribution in [2.75, 3.05) is 12.4 Å². The van der Waals surface area contributed by atoms with Gasteiger partial charge in [0.05, 0.1) is 35.2 Å². The van der Waals surface area contributed by atoms with Gasteiger partial charge in [0.25, 0.3) is 0 Å². The SMILES string of the molecule is CCOC(=O)c1cc(C#N)c(SCC(=O)NC2(C#N)CCCC2)nc1C. The number of thioether (sulfide) groups is 1. The van der Waals surface area contributed by atoms with E-state index in [2.05, 4.69) is 16.4 Å². The monoisotopic (exact) mass is 372 g/mol. The molecular weight excluding hydrogens is 352 g/mol. The molecule has 1 heterocycles. The molecule has 1 aliphatic carbocycles. The Morgan fingerprint density at radius 2 is 2.08 bits per heavy atom. The van der Waals surface area contributed by atoms with Crippen molar-refractivity contribution in [2.45, 2.75) is 50.1 Å². The number of nitriles is 2. The first-order valence-electron chi connectivity index (χ1n) is 8.38. The lowest BCUT2D eigenvalue weighted by Gasteiger charge is -2.21. The van der Waals surface area contributed by atoms with E-state index in [1.165, 1.54) is 6.07 Å². The van der Waals surface area contributed by atoms with Gasteiger partial charge in [-0.3, -0.25) is 4.79 Å². The number of aryl methyl sites for hydroxylation is 1. The third-order valence-corrected chi connectivity index (χ3v) is 5.17. The fourth-order valence-electron chi connectivity index (χ4n) is 2.87. The van der Waals surface area contributed by atoms with Gasteiger partial charge in [0.15, 0.2) is 0 Å². The van der Waals surface area contributed by atoms with Crippen molar-refractivity contribution in [3.05, 3.63) is 22.9 Å². The Balaban J connectivity index is 2.08. The van der Waals surface area contributed by atoms with Crippen molar-refractivity contribution in [3.8, 4) is 12.1 Å². The minimum atomic E-state index is -0.771. The molecule has 136 valence electrons. The van der Waals surface area contributed by atoms with Gasteiger partial charge in [-0.2, -0.15) is 10.5 Å². The zero-order valence-electron chi connectivity index (χ0n) is 14.8. The molecular formula is C18H20N4O3S. The smallest absolute Gasteiger partial charge is 0.340 e. The number of amides is 1. The lowest BCUT2D eigenvalue weighted by Crippen LogP contribution is -2.45. The maximum absolute atomic E-state index is 12.2. The molecule has 0 aliphatic heterocycles. The van der Waals surface area contributed by atoms with E-state index in [9.17, 15) is 20.1 Å². The topological polar surface area (TPSA) is 116 Å². The Kier molecular flexibility index (Phi) is 6.59. The number of rotatable bonds is 6. The van der Waals surface area contributed by atoms with E-state index < -0.39 is 11.5 Å². The maximum Gasteiger partial charge on any atom is 0.340 e. The van der Waals surface area contributed by atoms with E-state index in [-0.39, 0.29) is 29.4 Å². The number of hydrogen-bond donors (Lipinski definition) is 1. The maximum atomic E-state index is 12.2. The van der Waals surface area contributed by atoms with Crippen molar-refractivity contribution in [2.24, 2.45) is 0 Å². The van der Waals surface area contributed by atoms with Crippen LogP contribution in [-0.4, -0.2) is 34.8 Å². The third-order valence-electron chi connectivity index (χ3n) is 4.18. The highest BCUT2D eigenvalue weighted by molar-refractivity contribution is 8.00. The number of aromatic nitrogens is 1. The van der Waals surface area contributed by atoms with Gasteiger partial charge in [0, 0.05) is 0 Å². The molecule has 1 aliphatic rings. The Morgan fingerprint density at radius 1 is 1.38 bits per heavy atom. The Bertz CT molecular complexity index is 789. The van der Waals surface area contributed by atoms with E-state index in [0.29, 0.717) is 23.6 Å². The van der Waals surface area contributed by atoms with Crippen molar-refractivity contribution in [1.82, 2.24) is 10.3 Å². The summed E-state index contributed by atoms with van der Waals surface area (Å²) in [6, 6.07) is 5.65. The Hall–Kier alpha value is -2.58. The van der Waals surface area contributed by atoms with Gasteiger partial charge in [-0.05, 0) is 45.6 Å². The van der Waals surface area contributed by atoms with Crippen LogP contribution in [0, 0.1) is 29.6 Å². The van der Waals surface area contributed by atoms with Crippen LogP contribution >= 0.6 is 11.8 Å². The summed E-state index contributed by atoms with van der Waals surface area (Å²) in [5.74, 6) is -0.750. The molecule has 2 rings (SSSR count). The summed E-state index contributed by atoms with van der Waals surface area (Å²) in [6.07, 6.45) is 3.18. The molecule has 0 aromatic carbocycles. The van der Waals surface area contributed by atoms with E-state index in [1.807, 2.05) is 6.07 Å². The molecule has 26 heavy (non-hydrogen) atoms. The number of esters is 1. The van der Waals surface area contributed by atoms with Gasteiger partial charge < -0.3 is 10.1 Å². The molecule has 0 saturated heterocycles. The molecule has 1 aromatic heterocycles. The van der Waals surface area contributed by atoms with E-state index in [0.717, 1.165) is 24.6 Å². The quantitative estimate of drug-likeness (QED) is 0.602. The summed E-state index contributed by atoms with van der Waals surface area (Å²) in [6.45, 7) is 3.59. The van der Waals surface area contributed by atoms with E-state index >= 15 is 0 Å². The van der Waals surface area contributed by atoms with Crippen LogP contribution in [0.2, 0.25) is 0 Å². The number of ether oxygens (including phenoxy) is 1. The van der Waals surface area contributed by atoms with Gasteiger partial charge in [-0.25, -0.2) is 9.78 Å². The molecule has 7 nitrogen and oxygen atoms in total. The second-order valence-electron chi connectivity index (χ2n) is 6.04. The van der Waals surface area contributed by atoms with Crippen LogP contribution in [0.15, 0.2) is 11.1 Å². The summed E-state index contributed by atoms with van der Waals surface area (Å²) in [5.41, 5.74) is 0.126. The summed E-state index contributed by atoms with van der Waals surface area (Å²) >= 11 is 1.11. The zero-order chi connectivity index (χ0) is 19.2. The Morgan fingerprint density at radius 3 is 2.65 bits per heavy atom. The molecule has 8 heteroatoms. The summed E-state index contributed by atoms with van der Waals surface area (Å²) in [5, 5.41) is 21.8. The number of pyridine rings is 1. The summed E-state index contributed by atoms with van der Waals surface area (Å²) in [4.78, 5) is 28.4. The standard InChI is InChI=1S/C18H20N4O3S/c1-3-25-17(24)14-8-13(9-19)16(21-12(14)2)26-10-15(23)22-18(11-20)6-4-5-7-18/h8H,3-7,10H2,1-2H3,(H,22,23). The van der Waals surface area contributed by atoms with E-state index in [1.54, 1.807) is 13.8 Å². The number of nitrogens with zero attached hydrogens (tertiary/aromatic N) is 3. The zero-order valence-corrected chi connectivity index (χ0v) is 15.6. The molecule has 1 saturated carbocycles. The lowest BCUT2D eigenvalue weighted by molar-refractivity contribution is -0.119. The Labute approximate surface area is 156 Å². The third kappa shape index (κ3) is 4.53. The molecule has 1 amide bonds. The van der Waals surface area contributed by atoms with E-state index in [4.69, 9.17) is 4.74 Å². The largest absolute Gasteiger partial charge is 0.462 e. The molecule has 1 fully saturated rings. The van der Waals surface area contributed by atoms with Crippen LogP contribution in [0.5, 0.6) is 0 Å². The average Bonchev–Trinajstić information content (AvgIpc) is 3.09. The van der Waals surface area contributed by atoms with Gasteiger partial charge in [-0.15, -0.1) is 0 Å². The molecule has 0 bridgehead atoms. The molecule has 1 N–H and O–H groups in total. The molecule has 0 unspecified atom stereocenters. The number of hydrogen-bond acceptors (Lipinski definition) is 7. The van der Waals surface area contributed by atoms with Crippen LogP contribution in [0.4, 0.5) is 0 Å². The van der Waals surface area contributed by atoms with Gasteiger partial charge >= 0.3 is 5.97 Å². The van der Waals surface area contributed by atoms with Crippen LogP contribution in [0.1, 0.15) is 54.2 Å². The molecule has 0 radical (unpaired) electrons. The highest BCUT2D eigenvalue weighted by Crippen LogP contribution is 2.29. The molecule has 1 aromatic rings. The fourth-order valence-corrected chi connectivity index (χ4v) is 3.67. The number of nitrogens with one attached hydrogen (secondary N) is 1.